The number of likely N-dealkylation sites (N-methyl/N-ethyl adjacent to an activating group) is 1. The molecule has 1 heterocycles. The Labute approximate surface area is 59.9 Å². The predicted molar refractivity (Wildman–Crippen MR) is 36.0 cm³/mol. The Kier molecular flexibility index (Phi) is 1.78. The Balaban J connectivity index is 2.88. The molecule has 0 aromatic rings. The van der Waals surface area contributed by atoms with Gasteiger partial charge in [0.1, 0.15) is 5.75 Å². The molecule has 0 radical (unpaired) electrons. The van der Waals surface area contributed by atoms with Gasteiger partial charge in [-0.25, -0.2) is 8.42 Å². The number of hydrogen-bond donors (Lipinski definition) is 0. The molecule has 0 amide bonds. The molecule has 0 unspecified atom stereocenters. The lowest BCUT2D eigenvalue weighted by Gasteiger charge is -2.07. The standard InChI is InChI=1S/C5H9NO3S/c1-2-6-3-5(7)4-10(6,8)9/h2-4H2,1H3. The summed E-state index contributed by atoms with van der Waals surface area (Å²) in [6.07, 6.45) is 0. The molecular weight excluding hydrogens is 154 g/mol. The van der Waals surface area contributed by atoms with Crippen molar-refractivity contribution in [3.63, 3.8) is 0 Å². The van der Waals surface area contributed by atoms with Crippen LogP contribution in [0.15, 0.2) is 0 Å². The highest BCUT2D eigenvalue weighted by atomic mass is 32.2. The van der Waals surface area contributed by atoms with Gasteiger partial charge >= 0.3 is 0 Å². The first-order valence-corrected chi connectivity index (χ1v) is 4.66. The van der Waals surface area contributed by atoms with Gasteiger partial charge in [0.2, 0.25) is 10.0 Å². The van der Waals surface area contributed by atoms with Crippen molar-refractivity contribution in [1.82, 2.24) is 4.31 Å². The van der Waals surface area contributed by atoms with Gasteiger partial charge in [0.15, 0.2) is 5.78 Å². The van der Waals surface area contributed by atoms with Crippen LogP contribution in [0.4, 0.5) is 0 Å². The van der Waals surface area contributed by atoms with E-state index in [4.69, 9.17) is 0 Å². The summed E-state index contributed by atoms with van der Waals surface area (Å²) in [4.78, 5) is 10.6. The van der Waals surface area contributed by atoms with E-state index in [9.17, 15) is 13.2 Å². The molecule has 0 spiro atoms. The third-order valence-corrected chi connectivity index (χ3v) is 3.30. The Morgan fingerprint density at radius 3 is 2.40 bits per heavy atom. The summed E-state index contributed by atoms with van der Waals surface area (Å²) in [5, 5.41) is 0. The number of carbonyl (C=O) groups excluding carboxylic acids is 1. The quantitative estimate of drug-likeness (QED) is 0.509. The molecule has 0 bridgehead atoms. The Morgan fingerprint density at radius 1 is 1.60 bits per heavy atom. The summed E-state index contributed by atoms with van der Waals surface area (Å²) < 4.78 is 23.0. The number of sulfonamides is 1. The lowest BCUT2D eigenvalue weighted by molar-refractivity contribution is -0.115. The van der Waals surface area contributed by atoms with Gasteiger partial charge in [-0.3, -0.25) is 4.79 Å². The molecule has 0 saturated carbocycles. The van der Waals surface area contributed by atoms with Crippen LogP contribution in [-0.4, -0.2) is 37.3 Å². The Morgan fingerprint density at radius 2 is 2.20 bits per heavy atom. The van der Waals surface area contributed by atoms with Crippen LogP contribution in [0.5, 0.6) is 0 Å². The topological polar surface area (TPSA) is 54.5 Å². The minimum absolute atomic E-state index is 0.0683. The second kappa shape index (κ2) is 2.32. The van der Waals surface area contributed by atoms with Gasteiger partial charge in [0, 0.05) is 6.54 Å². The van der Waals surface area contributed by atoms with Gasteiger partial charge in [0.25, 0.3) is 0 Å². The SMILES string of the molecule is CCN1CC(=O)CS1(=O)=O. The third-order valence-electron chi connectivity index (χ3n) is 1.44. The van der Waals surface area contributed by atoms with E-state index in [-0.39, 0.29) is 18.1 Å². The summed E-state index contributed by atoms with van der Waals surface area (Å²) in [6, 6.07) is 0. The van der Waals surface area contributed by atoms with Gasteiger partial charge in [-0.1, -0.05) is 6.92 Å². The summed E-state index contributed by atoms with van der Waals surface area (Å²) in [5.41, 5.74) is 0. The van der Waals surface area contributed by atoms with Crippen LogP contribution in [0.2, 0.25) is 0 Å². The van der Waals surface area contributed by atoms with E-state index in [0.717, 1.165) is 0 Å². The molecule has 1 rings (SSSR count). The van der Waals surface area contributed by atoms with E-state index < -0.39 is 10.0 Å². The fraction of sp³-hybridized carbons (Fsp3) is 0.800. The van der Waals surface area contributed by atoms with Crippen molar-refractivity contribution in [3.8, 4) is 0 Å². The number of nitrogens with zero attached hydrogens (tertiary/aromatic N) is 1. The molecule has 10 heavy (non-hydrogen) atoms. The average molecular weight is 163 g/mol. The molecular formula is C5H9NO3S. The molecule has 0 aliphatic carbocycles. The number of carbonyl (C=O) groups is 1. The van der Waals surface area contributed by atoms with Crippen LogP contribution in [0.3, 0.4) is 0 Å². The van der Waals surface area contributed by atoms with Crippen molar-refractivity contribution in [1.29, 1.82) is 0 Å². The van der Waals surface area contributed by atoms with Gasteiger partial charge in [-0.05, 0) is 0 Å². The molecule has 58 valence electrons. The smallest absolute Gasteiger partial charge is 0.221 e. The normalized spacial score (nSPS) is 25.5. The highest BCUT2D eigenvalue weighted by Crippen LogP contribution is 2.08. The first kappa shape index (κ1) is 7.68. The second-order valence-electron chi connectivity index (χ2n) is 2.22. The maximum Gasteiger partial charge on any atom is 0.221 e. The van der Waals surface area contributed by atoms with Gasteiger partial charge in [0.05, 0.1) is 6.54 Å². The lowest BCUT2D eigenvalue weighted by atomic mass is 10.4. The molecule has 4 nitrogen and oxygen atoms in total. The largest absolute Gasteiger partial charge is 0.297 e. The van der Waals surface area contributed by atoms with Crippen molar-refractivity contribution >= 4 is 15.8 Å². The summed E-state index contributed by atoms with van der Waals surface area (Å²) in [6.45, 7) is 2.18. The Hall–Kier alpha value is -0.420. The van der Waals surface area contributed by atoms with Crippen molar-refractivity contribution in [2.45, 2.75) is 6.92 Å². The first-order chi connectivity index (χ1) is 4.56. The molecule has 1 aliphatic rings. The zero-order valence-corrected chi connectivity index (χ0v) is 6.52. The molecule has 0 aromatic carbocycles. The average Bonchev–Trinajstić information content (AvgIpc) is 2.04. The van der Waals surface area contributed by atoms with Crippen LogP contribution in [0, 0.1) is 0 Å². The van der Waals surface area contributed by atoms with Crippen LogP contribution in [0.1, 0.15) is 6.92 Å². The molecule has 0 N–H and O–H groups in total. The zero-order chi connectivity index (χ0) is 7.78. The van der Waals surface area contributed by atoms with Crippen molar-refractivity contribution < 1.29 is 13.2 Å². The maximum atomic E-state index is 10.9. The molecule has 5 heteroatoms. The van der Waals surface area contributed by atoms with E-state index in [0.29, 0.717) is 6.54 Å². The summed E-state index contributed by atoms with van der Waals surface area (Å²) in [7, 11) is -3.20. The zero-order valence-electron chi connectivity index (χ0n) is 5.70. The number of rotatable bonds is 1. The van der Waals surface area contributed by atoms with Gasteiger partial charge < -0.3 is 0 Å². The molecule has 0 aromatic heterocycles. The lowest BCUT2D eigenvalue weighted by Crippen LogP contribution is -2.25. The van der Waals surface area contributed by atoms with Crippen LogP contribution in [-0.2, 0) is 14.8 Å². The minimum atomic E-state index is -3.20. The predicted octanol–water partition coefficient (Wildman–Crippen LogP) is -0.779. The highest BCUT2D eigenvalue weighted by Gasteiger charge is 2.32. The van der Waals surface area contributed by atoms with Crippen molar-refractivity contribution in [2.24, 2.45) is 0 Å². The van der Waals surface area contributed by atoms with E-state index in [1.807, 2.05) is 0 Å². The van der Waals surface area contributed by atoms with Crippen LogP contribution < -0.4 is 0 Å². The Bertz CT molecular complexity index is 244. The first-order valence-electron chi connectivity index (χ1n) is 3.06. The van der Waals surface area contributed by atoms with E-state index >= 15 is 0 Å². The maximum absolute atomic E-state index is 10.9. The highest BCUT2D eigenvalue weighted by molar-refractivity contribution is 7.90. The number of hydrogen-bond acceptors (Lipinski definition) is 3. The monoisotopic (exact) mass is 163 g/mol. The number of Topliss-reactive ketones (excluding diaryl/α,β-unsaturated/α-hetero) is 1. The fourth-order valence-corrected chi connectivity index (χ4v) is 2.36. The summed E-state index contributed by atoms with van der Waals surface area (Å²) >= 11 is 0. The van der Waals surface area contributed by atoms with Gasteiger partial charge in [-0.15, -0.1) is 0 Å². The molecule has 1 saturated heterocycles. The minimum Gasteiger partial charge on any atom is -0.297 e. The third kappa shape index (κ3) is 1.19. The van der Waals surface area contributed by atoms with Crippen LogP contribution in [0.25, 0.3) is 0 Å². The van der Waals surface area contributed by atoms with Gasteiger partial charge in [-0.2, -0.15) is 4.31 Å². The van der Waals surface area contributed by atoms with Crippen LogP contribution >= 0.6 is 0 Å². The van der Waals surface area contributed by atoms with E-state index in [1.165, 1.54) is 4.31 Å². The van der Waals surface area contributed by atoms with Crippen molar-refractivity contribution in [3.05, 3.63) is 0 Å². The number of ketones is 1. The van der Waals surface area contributed by atoms with E-state index in [1.54, 1.807) is 6.92 Å². The fourth-order valence-electron chi connectivity index (χ4n) is 0.944. The molecule has 0 atom stereocenters. The summed E-state index contributed by atoms with van der Waals surface area (Å²) in [5.74, 6) is -0.511. The van der Waals surface area contributed by atoms with E-state index in [2.05, 4.69) is 0 Å². The molecule has 1 fully saturated rings. The van der Waals surface area contributed by atoms with Crippen molar-refractivity contribution in [2.75, 3.05) is 18.8 Å². The second-order valence-corrected chi connectivity index (χ2v) is 4.19. The molecule has 1 aliphatic heterocycles.